The van der Waals surface area contributed by atoms with E-state index in [1.165, 1.54) is 0 Å². The van der Waals surface area contributed by atoms with Gasteiger partial charge in [0.15, 0.2) is 0 Å². The van der Waals surface area contributed by atoms with E-state index >= 15 is 0 Å². The zero-order chi connectivity index (χ0) is 4.99. The predicted octanol–water partition coefficient (Wildman–Crippen LogP) is -0.238. The summed E-state index contributed by atoms with van der Waals surface area (Å²) in [5.74, 6) is 0.0926. The first-order valence-electron chi connectivity index (χ1n) is 2.01. The van der Waals surface area contributed by atoms with Crippen molar-refractivity contribution in [2.24, 2.45) is 0 Å². The van der Waals surface area contributed by atoms with Crippen LogP contribution in [0.4, 0.5) is 0 Å². The molecule has 0 saturated heterocycles. The molecule has 0 saturated carbocycles. The van der Waals surface area contributed by atoms with E-state index in [9.17, 15) is 4.79 Å². The van der Waals surface area contributed by atoms with Crippen LogP contribution < -0.4 is 5.32 Å². The SMILES string of the molecule is CCC(=O)NC.[Li]. The van der Waals surface area contributed by atoms with E-state index in [-0.39, 0.29) is 24.8 Å². The van der Waals surface area contributed by atoms with Gasteiger partial charge in [-0.1, -0.05) is 6.92 Å². The van der Waals surface area contributed by atoms with Crippen LogP contribution in [0.3, 0.4) is 0 Å². The van der Waals surface area contributed by atoms with Gasteiger partial charge in [0.2, 0.25) is 5.91 Å². The van der Waals surface area contributed by atoms with Gasteiger partial charge in [0.25, 0.3) is 0 Å². The summed E-state index contributed by atoms with van der Waals surface area (Å²) >= 11 is 0. The first kappa shape index (κ1) is 10.1. The van der Waals surface area contributed by atoms with Gasteiger partial charge in [-0.2, -0.15) is 0 Å². The van der Waals surface area contributed by atoms with Crippen LogP contribution in [0.5, 0.6) is 0 Å². The Labute approximate surface area is 55.8 Å². The molecular weight excluding hydrogens is 85.0 g/mol. The van der Waals surface area contributed by atoms with Gasteiger partial charge < -0.3 is 5.32 Å². The van der Waals surface area contributed by atoms with Gasteiger partial charge in [-0.05, 0) is 0 Å². The average molecular weight is 94.1 g/mol. The maximum Gasteiger partial charge on any atom is 0.219 e. The van der Waals surface area contributed by atoms with Crippen molar-refractivity contribution in [2.45, 2.75) is 13.3 Å². The Hall–Kier alpha value is 0.0674. The van der Waals surface area contributed by atoms with Crippen LogP contribution in [0.15, 0.2) is 0 Å². The van der Waals surface area contributed by atoms with Crippen LogP contribution >= 0.6 is 0 Å². The zero-order valence-corrected chi connectivity index (χ0v) is 5.12. The molecule has 0 atom stereocenters. The molecule has 1 amide bonds. The Morgan fingerprint density at radius 1 is 1.71 bits per heavy atom. The first-order chi connectivity index (χ1) is 2.81. The normalized spacial score (nSPS) is 6.57. The predicted molar refractivity (Wildman–Crippen MR) is 30.1 cm³/mol. The monoisotopic (exact) mass is 94.1 g/mol. The smallest absolute Gasteiger partial charge is 0.219 e. The molecule has 0 unspecified atom stereocenters. The Morgan fingerprint density at radius 2 is 2.14 bits per heavy atom. The average Bonchev–Trinajstić information content (AvgIpc) is 1.65. The van der Waals surface area contributed by atoms with E-state index in [2.05, 4.69) is 5.32 Å². The third-order valence-electron chi connectivity index (χ3n) is 0.600. The fourth-order valence-corrected chi connectivity index (χ4v) is 0.177. The second kappa shape index (κ2) is 6.07. The largest absolute Gasteiger partial charge is 0.359 e. The van der Waals surface area contributed by atoms with E-state index in [0.29, 0.717) is 6.42 Å². The van der Waals surface area contributed by atoms with Crippen molar-refractivity contribution in [1.82, 2.24) is 5.32 Å². The van der Waals surface area contributed by atoms with Gasteiger partial charge in [-0.15, -0.1) is 0 Å². The van der Waals surface area contributed by atoms with Gasteiger partial charge >= 0.3 is 0 Å². The van der Waals surface area contributed by atoms with Crippen molar-refractivity contribution in [3.05, 3.63) is 0 Å². The number of rotatable bonds is 1. The van der Waals surface area contributed by atoms with Gasteiger partial charge in [-0.3, -0.25) is 4.79 Å². The standard InChI is InChI=1S/C4H9NO.Li/c1-3-4(6)5-2;/h3H2,1-2H3,(H,5,6);. The minimum absolute atomic E-state index is 0. The number of amides is 1. The molecule has 0 aliphatic carbocycles. The van der Waals surface area contributed by atoms with E-state index < -0.39 is 0 Å². The van der Waals surface area contributed by atoms with Crippen LogP contribution in [0.1, 0.15) is 13.3 Å². The third kappa shape index (κ3) is 6.07. The quantitative estimate of drug-likeness (QED) is 0.446. The fourth-order valence-electron chi connectivity index (χ4n) is 0.177. The molecular formula is C4H9LiNO. The summed E-state index contributed by atoms with van der Waals surface area (Å²) in [6.45, 7) is 1.82. The molecule has 3 heteroatoms. The maximum absolute atomic E-state index is 10.1. The summed E-state index contributed by atoms with van der Waals surface area (Å²) in [5.41, 5.74) is 0. The molecule has 0 aromatic heterocycles. The molecule has 0 spiro atoms. The molecule has 0 aromatic rings. The Bertz CT molecular complexity index is 49.7. The molecule has 0 aliphatic heterocycles. The van der Waals surface area contributed by atoms with Crippen LogP contribution in [0.25, 0.3) is 0 Å². The third-order valence-corrected chi connectivity index (χ3v) is 0.600. The number of nitrogens with one attached hydrogen (secondary N) is 1. The van der Waals surface area contributed by atoms with Crippen molar-refractivity contribution in [2.75, 3.05) is 7.05 Å². The number of carbonyl (C=O) groups excluding carboxylic acids is 1. The van der Waals surface area contributed by atoms with Crippen LogP contribution in [-0.4, -0.2) is 31.8 Å². The summed E-state index contributed by atoms with van der Waals surface area (Å²) < 4.78 is 0. The van der Waals surface area contributed by atoms with Crippen molar-refractivity contribution < 1.29 is 4.79 Å². The molecule has 0 bridgehead atoms. The molecule has 0 rings (SSSR count). The number of hydrogen-bond donors (Lipinski definition) is 1. The van der Waals surface area contributed by atoms with E-state index in [1.54, 1.807) is 7.05 Å². The maximum atomic E-state index is 10.1. The molecule has 0 heterocycles. The second-order valence-corrected chi connectivity index (χ2v) is 1.03. The topological polar surface area (TPSA) is 29.1 Å². The van der Waals surface area contributed by atoms with E-state index in [4.69, 9.17) is 0 Å². The van der Waals surface area contributed by atoms with Crippen molar-refractivity contribution in [3.63, 3.8) is 0 Å². The second-order valence-electron chi connectivity index (χ2n) is 1.03. The Balaban J connectivity index is 0. The molecule has 37 valence electrons. The van der Waals surface area contributed by atoms with E-state index in [0.717, 1.165) is 0 Å². The summed E-state index contributed by atoms with van der Waals surface area (Å²) in [7, 11) is 1.63. The number of hydrogen-bond acceptors (Lipinski definition) is 1. The molecule has 0 aliphatic rings. The van der Waals surface area contributed by atoms with Gasteiger partial charge in [0, 0.05) is 32.3 Å². The van der Waals surface area contributed by atoms with Crippen LogP contribution in [-0.2, 0) is 4.79 Å². The minimum atomic E-state index is 0. The fraction of sp³-hybridized carbons (Fsp3) is 0.750. The van der Waals surface area contributed by atoms with Gasteiger partial charge in [0.05, 0.1) is 0 Å². The van der Waals surface area contributed by atoms with Gasteiger partial charge in [0.1, 0.15) is 0 Å². The zero-order valence-electron chi connectivity index (χ0n) is 5.12. The first-order valence-corrected chi connectivity index (χ1v) is 2.01. The Morgan fingerprint density at radius 3 is 2.14 bits per heavy atom. The van der Waals surface area contributed by atoms with Crippen LogP contribution in [0.2, 0.25) is 0 Å². The Kier molecular flexibility index (Phi) is 8.78. The molecule has 1 N–H and O–H groups in total. The van der Waals surface area contributed by atoms with Crippen molar-refractivity contribution in [1.29, 1.82) is 0 Å². The van der Waals surface area contributed by atoms with Crippen LogP contribution in [0, 0.1) is 0 Å². The molecule has 2 nitrogen and oxygen atoms in total. The molecule has 7 heavy (non-hydrogen) atoms. The summed E-state index contributed by atoms with van der Waals surface area (Å²) in [4.78, 5) is 10.1. The van der Waals surface area contributed by atoms with Crippen molar-refractivity contribution in [3.8, 4) is 0 Å². The number of carbonyl (C=O) groups is 1. The molecule has 1 radical (unpaired) electrons. The van der Waals surface area contributed by atoms with Gasteiger partial charge in [-0.25, -0.2) is 0 Å². The summed E-state index contributed by atoms with van der Waals surface area (Å²) in [6, 6.07) is 0. The van der Waals surface area contributed by atoms with E-state index in [1.807, 2.05) is 6.92 Å². The molecule has 0 fully saturated rings. The minimum Gasteiger partial charge on any atom is -0.359 e. The summed E-state index contributed by atoms with van der Waals surface area (Å²) in [6.07, 6.45) is 0.580. The van der Waals surface area contributed by atoms with Crippen molar-refractivity contribution >= 4 is 24.8 Å². The molecule has 0 aromatic carbocycles. The summed E-state index contributed by atoms with van der Waals surface area (Å²) in [5, 5.41) is 2.48.